The molecule has 0 bridgehead atoms. The highest BCUT2D eigenvalue weighted by Crippen LogP contribution is 2.31. The smallest absolute Gasteiger partial charge is 0.458 e. The number of carbonyl (C=O) groups excluding carboxylic acids is 2. The van der Waals surface area contributed by atoms with Gasteiger partial charge < -0.3 is 9.47 Å². The number of nitrogens with zero attached hydrogens (tertiary/aromatic N) is 1. The first-order chi connectivity index (χ1) is 12.5. The summed E-state index contributed by atoms with van der Waals surface area (Å²) in [6, 6.07) is 10.3. The summed E-state index contributed by atoms with van der Waals surface area (Å²) >= 11 is 1.39. The van der Waals surface area contributed by atoms with Gasteiger partial charge in [-0.05, 0) is 12.1 Å². The minimum Gasteiger partial charge on any atom is -0.458 e. The topological polar surface area (TPSA) is 101 Å². The average molecular weight is 376 g/mol. The number of amides is 1. The molecule has 8 nitrogen and oxygen atoms in total. The zero-order chi connectivity index (χ0) is 18.5. The highest BCUT2D eigenvalue weighted by atomic mass is 32.2. The SMILES string of the molecule is CC(=O)Nc1cc[n+](C2COC(COC(=O)c3ccccc3)S2)c(=O)[nH]1. The number of esters is 1. The molecular weight excluding hydrogens is 358 g/mol. The lowest BCUT2D eigenvalue weighted by Gasteiger charge is -2.09. The van der Waals surface area contributed by atoms with Crippen molar-refractivity contribution in [3.8, 4) is 0 Å². The number of aromatic amines is 1. The van der Waals surface area contributed by atoms with Crippen LogP contribution < -0.4 is 15.6 Å². The van der Waals surface area contributed by atoms with Crippen LogP contribution in [0.2, 0.25) is 0 Å². The molecule has 0 aliphatic carbocycles. The zero-order valence-corrected chi connectivity index (χ0v) is 14.8. The number of H-pyrrole nitrogens is 1. The molecule has 2 aromatic rings. The van der Waals surface area contributed by atoms with E-state index in [0.717, 1.165) is 0 Å². The molecule has 1 aromatic heterocycles. The van der Waals surface area contributed by atoms with Crippen LogP contribution in [0.4, 0.5) is 5.82 Å². The number of aromatic nitrogens is 2. The lowest BCUT2D eigenvalue weighted by atomic mass is 10.2. The third kappa shape index (κ3) is 4.50. The minimum absolute atomic E-state index is 0.0946. The van der Waals surface area contributed by atoms with Gasteiger partial charge >= 0.3 is 11.7 Å². The number of carbonyl (C=O) groups is 2. The molecule has 2 atom stereocenters. The average Bonchev–Trinajstić information content (AvgIpc) is 3.08. The van der Waals surface area contributed by atoms with Gasteiger partial charge in [0.05, 0.1) is 12.2 Å². The second-order valence-electron chi connectivity index (χ2n) is 5.57. The van der Waals surface area contributed by atoms with E-state index in [-0.39, 0.29) is 29.0 Å². The van der Waals surface area contributed by atoms with E-state index in [2.05, 4.69) is 10.3 Å². The first-order valence-corrected chi connectivity index (χ1v) is 8.88. The number of hydrogen-bond acceptors (Lipinski definition) is 6. The first-order valence-electron chi connectivity index (χ1n) is 7.94. The van der Waals surface area contributed by atoms with Crippen LogP contribution in [-0.4, -0.2) is 35.5 Å². The fourth-order valence-corrected chi connectivity index (χ4v) is 3.52. The van der Waals surface area contributed by atoms with Crippen LogP contribution in [0.25, 0.3) is 0 Å². The Morgan fingerprint density at radius 2 is 2.12 bits per heavy atom. The third-order valence-electron chi connectivity index (χ3n) is 3.59. The van der Waals surface area contributed by atoms with E-state index >= 15 is 0 Å². The summed E-state index contributed by atoms with van der Waals surface area (Å²) in [5.41, 5.74) is -0.236. The monoisotopic (exact) mass is 376 g/mol. The van der Waals surface area contributed by atoms with Crippen LogP contribution in [0.1, 0.15) is 22.7 Å². The van der Waals surface area contributed by atoms with Crippen molar-refractivity contribution in [2.75, 3.05) is 18.5 Å². The fourth-order valence-electron chi connectivity index (χ4n) is 2.41. The Kier molecular flexibility index (Phi) is 5.69. The van der Waals surface area contributed by atoms with Crippen LogP contribution in [-0.2, 0) is 14.3 Å². The summed E-state index contributed by atoms with van der Waals surface area (Å²) in [5, 5.41) is 2.27. The summed E-state index contributed by atoms with van der Waals surface area (Å²) in [7, 11) is 0. The number of hydrogen-bond donors (Lipinski definition) is 2. The van der Waals surface area contributed by atoms with Gasteiger partial charge in [0.25, 0.3) is 0 Å². The molecule has 1 aromatic carbocycles. The Hall–Kier alpha value is -2.65. The lowest BCUT2D eigenvalue weighted by molar-refractivity contribution is -0.716. The second kappa shape index (κ2) is 8.15. The van der Waals surface area contributed by atoms with E-state index in [1.165, 1.54) is 23.3 Å². The van der Waals surface area contributed by atoms with Crippen molar-refractivity contribution < 1.29 is 23.6 Å². The van der Waals surface area contributed by atoms with Gasteiger partial charge in [-0.15, -0.1) is 0 Å². The van der Waals surface area contributed by atoms with E-state index in [1.807, 2.05) is 6.07 Å². The molecule has 136 valence electrons. The number of ether oxygens (including phenoxy) is 2. The summed E-state index contributed by atoms with van der Waals surface area (Å²) in [6.07, 6.45) is 1.59. The molecule has 9 heteroatoms. The van der Waals surface area contributed by atoms with Crippen molar-refractivity contribution in [3.63, 3.8) is 0 Å². The fraction of sp³-hybridized carbons (Fsp3) is 0.294. The van der Waals surface area contributed by atoms with Gasteiger partial charge in [-0.1, -0.05) is 30.0 Å². The number of anilines is 1. The molecule has 1 fully saturated rings. The van der Waals surface area contributed by atoms with Crippen molar-refractivity contribution in [1.82, 2.24) is 4.98 Å². The molecule has 2 heterocycles. The third-order valence-corrected chi connectivity index (χ3v) is 4.85. The van der Waals surface area contributed by atoms with Gasteiger partial charge in [0, 0.05) is 13.0 Å². The predicted molar refractivity (Wildman–Crippen MR) is 94.7 cm³/mol. The maximum Gasteiger partial charge on any atom is 0.498 e. The van der Waals surface area contributed by atoms with Crippen LogP contribution in [0.5, 0.6) is 0 Å². The molecule has 1 saturated heterocycles. The van der Waals surface area contributed by atoms with Gasteiger partial charge in [-0.2, -0.15) is 14.3 Å². The van der Waals surface area contributed by atoms with E-state index < -0.39 is 5.97 Å². The molecule has 26 heavy (non-hydrogen) atoms. The number of benzene rings is 1. The van der Waals surface area contributed by atoms with Crippen LogP contribution in [0.15, 0.2) is 47.4 Å². The first kappa shape index (κ1) is 18.2. The molecule has 0 saturated carbocycles. The summed E-state index contributed by atoms with van der Waals surface area (Å²) in [4.78, 5) is 37.7. The van der Waals surface area contributed by atoms with E-state index in [4.69, 9.17) is 9.47 Å². The van der Waals surface area contributed by atoms with Crippen molar-refractivity contribution in [3.05, 3.63) is 58.6 Å². The standard InChI is InChI=1S/C17H17N3O5S/c1-11(21)18-13-7-8-20(17(23)19-13)14-9-24-15(26-14)10-25-16(22)12-5-3-2-4-6-12/h2-8,14-15H,9-10H2,1H3,(H,18,19,21,23)/p+1. The van der Waals surface area contributed by atoms with Crippen molar-refractivity contribution >= 4 is 29.5 Å². The summed E-state index contributed by atoms with van der Waals surface area (Å²) in [6.45, 7) is 1.77. The Morgan fingerprint density at radius 3 is 2.81 bits per heavy atom. The Balaban J connectivity index is 1.56. The molecule has 0 radical (unpaired) electrons. The minimum atomic E-state index is -0.414. The molecular formula is C17H18N3O5S+. The highest BCUT2D eigenvalue weighted by Gasteiger charge is 2.33. The zero-order valence-electron chi connectivity index (χ0n) is 14.0. The maximum absolute atomic E-state index is 12.2. The van der Waals surface area contributed by atoms with Crippen LogP contribution >= 0.6 is 11.8 Å². The quantitative estimate of drug-likeness (QED) is 0.598. The largest absolute Gasteiger partial charge is 0.498 e. The van der Waals surface area contributed by atoms with Gasteiger partial charge in [-0.3, -0.25) is 10.1 Å². The van der Waals surface area contributed by atoms with Gasteiger partial charge in [-0.25, -0.2) is 4.79 Å². The number of nitrogens with one attached hydrogen (secondary N) is 2. The molecule has 3 rings (SSSR count). The molecule has 0 spiro atoms. The molecule has 2 N–H and O–H groups in total. The Bertz CT molecular complexity index is 855. The van der Waals surface area contributed by atoms with Crippen LogP contribution in [0, 0.1) is 0 Å². The van der Waals surface area contributed by atoms with Crippen molar-refractivity contribution in [1.29, 1.82) is 0 Å². The Morgan fingerprint density at radius 1 is 1.35 bits per heavy atom. The lowest BCUT2D eigenvalue weighted by Crippen LogP contribution is -2.53. The molecule has 1 aliphatic heterocycles. The highest BCUT2D eigenvalue weighted by molar-refractivity contribution is 7.99. The van der Waals surface area contributed by atoms with Crippen LogP contribution in [0.3, 0.4) is 0 Å². The molecule has 1 amide bonds. The normalized spacial score (nSPS) is 19.1. The van der Waals surface area contributed by atoms with E-state index in [9.17, 15) is 14.4 Å². The van der Waals surface area contributed by atoms with E-state index in [0.29, 0.717) is 18.0 Å². The summed E-state index contributed by atoms with van der Waals surface area (Å²) < 4.78 is 12.3. The Labute approximate surface area is 153 Å². The number of thioether (sulfide) groups is 1. The van der Waals surface area contributed by atoms with E-state index in [1.54, 1.807) is 36.5 Å². The summed E-state index contributed by atoms with van der Waals surface area (Å²) in [5.74, 6) is -0.350. The van der Waals surface area contributed by atoms with Gasteiger partial charge in [0.1, 0.15) is 18.2 Å². The van der Waals surface area contributed by atoms with Gasteiger partial charge in [0.2, 0.25) is 11.7 Å². The molecule has 1 aliphatic rings. The predicted octanol–water partition coefficient (Wildman–Crippen LogP) is 1.07. The van der Waals surface area contributed by atoms with Gasteiger partial charge in [0.15, 0.2) is 5.37 Å². The van der Waals surface area contributed by atoms with Crippen molar-refractivity contribution in [2.24, 2.45) is 0 Å². The number of rotatable bonds is 5. The molecule has 2 unspecified atom stereocenters. The second-order valence-corrected chi connectivity index (χ2v) is 6.91. The maximum atomic E-state index is 12.2. The van der Waals surface area contributed by atoms with Crippen molar-refractivity contribution in [2.45, 2.75) is 17.7 Å².